The number of urea groups is 1. The largest absolute Gasteiger partial charge is 0.333 e. The summed E-state index contributed by atoms with van der Waals surface area (Å²) in [4.78, 5) is 18.6. The monoisotopic (exact) mass is 344 g/mol. The minimum Gasteiger partial charge on any atom is -0.333 e. The van der Waals surface area contributed by atoms with Gasteiger partial charge in [0.25, 0.3) is 0 Å². The molecule has 5 nitrogen and oxygen atoms in total. The third kappa shape index (κ3) is 4.38. The van der Waals surface area contributed by atoms with Gasteiger partial charge in [0, 0.05) is 37.9 Å². The van der Waals surface area contributed by atoms with E-state index in [1.54, 1.807) is 6.20 Å². The topological polar surface area (TPSA) is 50.2 Å². The number of halogens is 1. The molecule has 2 amide bonds. The molecule has 1 aliphatic rings. The van der Waals surface area contributed by atoms with Crippen LogP contribution in [0.15, 0.2) is 36.7 Å². The van der Waals surface area contributed by atoms with Crippen LogP contribution in [0.5, 0.6) is 0 Å². The Morgan fingerprint density at radius 2 is 2.12 bits per heavy atom. The maximum atomic E-state index is 13.0. The lowest BCUT2D eigenvalue weighted by Crippen LogP contribution is -2.38. The summed E-state index contributed by atoms with van der Waals surface area (Å²) in [6.45, 7) is 7.01. The van der Waals surface area contributed by atoms with Crippen LogP contribution < -0.4 is 5.32 Å². The van der Waals surface area contributed by atoms with Crippen LogP contribution in [0.4, 0.5) is 9.18 Å². The van der Waals surface area contributed by atoms with E-state index < -0.39 is 0 Å². The molecular weight excluding hydrogens is 319 g/mol. The predicted octanol–water partition coefficient (Wildman–Crippen LogP) is 3.38. The van der Waals surface area contributed by atoms with E-state index in [0.717, 1.165) is 24.4 Å². The zero-order chi connectivity index (χ0) is 17.8. The van der Waals surface area contributed by atoms with Gasteiger partial charge < -0.3 is 14.8 Å². The van der Waals surface area contributed by atoms with Crippen LogP contribution in [0.2, 0.25) is 0 Å². The number of benzene rings is 1. The Morgan fingerprint density at radius 3 is 2.84 bits per heavy atom. The molecular formula is C19H25FN4O. The molecule has 0 spiro atoms. The first-order chi connectivity index (χ1) is 12.0. The van der Waals surface area contributed by atoms with Crippen molar-refractivity contribution in [1.29, 1.82) is 0 Å². The second-order valence-electron chi connectivity index (χ2n) is 7.03. The van der Waals surface area contributed by atoms with E-state index >= 15 is 0 Å². The second kappa shape index (κ2) is 7.68. The van der Waals surface area contributed by atoms with Crippen molar-refractivity contribution in [2.24, 2.45) is 5.92 Å². The number of amides is 2. The molecule has 2 aromatic rings. The first-order valence-corrected chi connectivity index (χ1v) is 8.81. The molecule has 25 heavy (non-hydrogen) atoms. The van der Waals surface area contributed by atoms with Crippen molar-refractivity contribution in [2.75, 3.05) is 13.1 Å². The molecule has 0 aliphatic carbocycles. The SMILES string of the molecule is CC(C)Cn1ccnc1CNC(=O)N1CC[C@H](c2ccc(F)cc2)C1. The molecule has 1 N–H and O–H groups in total. The molecule has 1 aliphatic heterocycles. The maximum Gasteiger partial charge on any atom is 0.317 e. The molecule has 6 heteroatoms. The summed E-state index contributed by atoms with van der Waals surface area (Å²) in [5.74, 6) is 1.44. The molecule has 0 bridgehead atoms. The van der Waals surface area contributed by atoms with E-state index in [4.69, 9.17) is 0 Å². The van der Waals surface area contributed by atoms with E-state index in [1.807, 2.05) is 23.2 Å². The fourth-order valence-electron chi connectivity index (χ4n) is 3.29. The van der Waals surface area contributed by atoms with Crippen molar-refractivity contribution < 1.29 is 9.18 Å². The Balaban J connectivity index is 1.53. The number of carbonyl (C=O) groups is 1. The Kier molecular flexibility index (Phi) is 5.36. The lowest BCUT2D eigenvalue weighted by atomic mass is 9.99. The molecule has 0 radical (unpaired) electrons. The summed E-state index contributed by atoms with van der Waals surface area (Å²) in [6.07, 6.45) is 4.62. The molecule has 0 saturated carbocycles. The Morgan fingerprint density at radius 1 is 1.36 bits per heavy atom. The van der Waals surface area contributed by atoms with Crippen LogP contribution in [-0.4, -0.2) is 33.6 Å². The molecule has 1 atom stereocenters. The fourth-order valence-corrected chi connectivity index (χ4v) is 3.29. The van der Waals surface area contributed by atoms with Gasteiger partial charge >= 0.3 is 6.03 Å². The van der Waals surface area contributed by atoms with Gasteiger partial charge in [-0.25, -0.2) is 14.2 Å². The number of hydrogen-bond acceptors (Lipinski definition) is 2. The van der Waals surface area contributed by atoms with Gasteiger partial charge in [-0.3, -0.25) is 0 Å². The number of imidazole rings is 1. The summed E-state index contributed by atoms with van der Waals surface area (Å²) >= 11 is 0. The first-order valence-electron chi connectivity index (χ1n) is 8.81. The first kappa shape index (κ1) is 17.5. The molecule has 134 valence electrons. The van der Waals surface area contributed by atoms with Crippen LogP contribution in [0.3, 0.4) is 0 Å². The van der Waals surface area contributed by atoms with Gasteiger partial charge in [0.05, 0.1) is 6.54 Å². The number of nitrogens with one attached hydrogen (secondary N) is 1. The Labute approximate surface area is 147 Å². The van der Waals surface area contributed by atoms with Crippen molar-refractivity contribution in [3.8, 4) is 0 Å². The number of aromatic nitrogens is 2. The standard InChI is InChI=1S/C19H25FN4O/c1-14(2)12-23-10-8-21-18(23)11-22-19(25)24-9-7-16(13-24)15-3-5-17(20)6-4-15/h3-6,8,10,14,16H,7,9,11-13H2,1-2H3,(H,22,25)/t16-/m0/s1. The fraction of sp³-hybridized carbons (Fsp3) is 0.474. The van der Waals surface area contributed by atoms with Crippen molar-refractivity contribution in [3.05, 3.63) is 53.9 Å². The average Bonchev–Trinajstić information content (AvgIpc) is 3.22. The van der Waals surface area contributed by atoms with Gasteiger partial charge in [0.1, 0.15) is 11.6 Å². The third-order valence-corrected chi connectivity index (χ3v) is 4.58. The van der Waals surface area contributed by atoms with Crippen LogP contribution in [0.25, 0.3) is 0 Å². The van der Waals surface area contributed by atoms with Crippen LogP contribution in [0, 0.1) is 11.7 Å². The van der Waals surface area contributed by atoms with Gasteiger partial charge in [-0.1, -0.05) is 26.0 Å². The molecule has 1 saturated heterocycles. The molecule has 1 fully saturated rings. The summed E-state index contributed by atoms with van der Waals surface area (Å²) < 4.78 is 15.1. The zero-order valence-electron chi connectivity index (χ0n) is 14.8. The predicted molar refractivity (Wildman–Crippen MR) is 94.6 cm³/mol. The highest BCUT2D eigenvalue weighted by Crippen LogP contribution is 2.27. The van der Waals surface area contributed by atoms with Crippen LogP contribution in [0.1, 0.15) is 37.6 Å². The molecule has 2 heterocycles. The number of likely N-dealkylation sites (tertiary alicyclic amines) is 1. The molecule has 1 aromatic carbocycles. The van der Waals surface area contributed by atoms with Gasteiger partial charge in [-0.05, 0) is 30.0 Å². The van der Waals surface area contributed by atoms with E-state index in [1.165, 1.54) is 12.1 Å². The molecule has 1 aromatic heterocycles. The minimum absolute atomic E-state index is 0.0660. The Bertz CT molecular complexity index is 710. The molecule has 3 rings (SSSR count). The third-order valence-electron chi connectivity index (χ3n) is 4.58. The summed E-state index contributed by atoms with van der Waals surface area (Å²) in [6, 6.07) is 6.51. The van der Waals surface area contributed by atoms with E-state index in [2.05, 4.69) is 28.7 Å². The quantitative estimate of drug-likeness (QED) is 0.904. The normalized spacial score (nSPS) is 17.3. The molecule has 0 unspecified atom stereocenters. The number of carbonyl (C=O) groups excluding carboxylic acids is 1. The van der Waals surface area contributed by atoms with E-state index in [-0.39, 0.29) is 17.8 Å². The van der Waals surface area contributed by atoms with Gasteiger partial charge in [-0.2, -0.15) is 0 Å². The van der Waals surface area contributed by atoms with Crippen molar-refractivity contribution in [2.45, 2.75) is 39.3 Å². The maximum absolute atomic E-state index is 13.0. The second-order valence-corrected chi connectivity index (χ2v) is 7.03. The number of rotatable bonds is 5. The smallest absolute Gasteiger partial charge is 0.317 e. The van der Waals surface area contributed by atoms with Gasteiger partial charge in [0.15, 0.2) is 0 Å². The van der Waals surface area contributed by atoms with Gasteiger partial charge in [-0.15, -0.1) is 0 Å². The summed E-state index contributed by atoms with van der Waals surface area (Å²) in [5, 5.41) is 2.97. The van der Waals surface area contributed by atoms with E-state index in [9.17, 15) is 9.18 Å². The summed E-state index contributed by atoms with van der Waals surface area (Å²) in [7, 11) is 0. The lowest BCUT2D eigenvalue weighted by molar-refractivity contribution is 0.207. The number of hydrogen-bond donors (Lipinski definition) is 1. The minimum atomic E-state index is -0.228. The lowest BCUT2D eigenvalue weighted by Gasteiger charge is -2.18. The van der Waals surface area contributed by atoms with Crippen LogP contribution >= 0.6 is 0 Å². The Hall–Kier alpha value is -2.37. The average molecular weight is 344 g/mol. The van der Waals surface area contributed by atoms with Gasteiger partial charge in [0.2, 0.25) is 0 Å². The summed E-state index contributed by atoms with van der Waals surface area (Å²) in [5.41, 5.74) is 1.09. The van der Waals surface area contributed by atoms with Crippen molar-refractivity contribution in [1.82, 2.24) is 19.8 Å². The highest BCUT2D eigenvalue weighted by molar-refractivity contribution is 5.74. The highest BCUT2D eigenvalue weighted by atomic mass is 19.1. The zero-order valence-corrected chi connectivity index (χ0v) is 14.8. The van der Waals surface area contributed by atoms with Crippen molar-refractivity contribution >= 4 is 6.03 Å². The number of nitrogens with zero attached hydrogens (tertiary/aromatic N) is 3. The van der Waals surface area contributed by atoms with Crippen molar-refractivity contribution in [3.63, 3.8) is 0 Å². The van der Waals surface area contributed by atoms with E-state index in [0.29, 0.717) is 25.6 Å². The highest BCUT2D eigenvalue weighted by Gasteiger charge is 2.27. The van der Waals surface area contributed by atoms with Crippen LogP contribution in [-0.2, 0) is 13.1 Å².